The zero-order valence-electron chi connectivity index (χ0n) is 42.2. The first-order valence-corrected chi connectivity index (χ1v) is 26.7. The third kappa shape index (κ3) is 51.2. The molecule has 0 aromatic heterocycles. The van der Waals surface area contributed by atoms with Gasteiger partial charge in [-0.15, -0.1) is 0 Å². The molecule has 0 unspecified atom stereocenters. The highest BCUT2D eigenvalue weighted by Crippen LogP contribution is 2.12. The molecule has 1 atom stereocenters. The summed E-state index contributed by atoms with van der Waals surface area (Å²) < 4.78 is 16.7. The van der Waals surface area contributed by atoms with Gasteiger partial charge in [0, 0.05) is 19.3 Å². The maximum atomic E-state index is 12.8. The van der Waals surface area contributed by atoms with E-state index in [9.17, 15) is 14.4 Å². The fraction of sp³-hybridized carbons (Fsp3) is 0.678. The van der Waals surface area contributed by atoms with Gasteiger partial charge < -0.3 is 14.2 Å². The van der Waals surface area contributed by atoms with E-state index in [4.69, 9.17) is 14.2 Å². The van der Waals surface area contributed by atoms with Gasteiger partial charge >= 0.3 is 17.9 Å². The summed E-state index contributed by atoms with van der Waals surface area (Å²) in [5.74, 6) is -1.02. The molecule has 0 bridgehead atoms. The van der Waals surface area contributed by atoms with Crippen molar-refractivity contribution >= 4 is 17.9 Å². The molecule has 0 aromatic carbocycles. The molecule has 6 heteroatoms. The van der Waals surface area contributed by atoms with E-state index >= 15 is 0 Å². The topological polar surface area (TPSA) is 78.9 Å². The lowest BCUT2D eigenvalue weighted by Crippen LogP contribution is -2.30. The Kier molecular flexibility index (Phi) is 50.0. The quantitative estimate of drug-likeness (QED) is 0.0262. The Morgan fingerprint density at radius 3 is 0.969 bits per heavy atom. The molecule has 0 saturated carbocycles. The van der Waals surface area contributed by atoms with Crippen LogP contribution in [0.15, 0.2) is 97.2 Å². The predicted octanol–water partition coefficient (Wildman–Crippen LogP) is 17.8. The second-order valence-electron chi connectivity index (χ2n) is 17.4. The molecule has 0 aliphatic rings. The summed E-state index contributed by atoms with van der Waals surface area (Å²) in [5.41, 5.74) is 0. The van der Waals surface area contributed by atoms with Gasteiger partial charge in [0.05, 0.1) is 0 Å². The summed E-state index contributed by atoms with van der Waals surface area (Å²) in [6.07, 6.45) is 69.7. The lowest BCUT2D eigenvalue weighted by Gasteiger charge is -2.18. The van der Waals surface area contributed by atoms with Crippen LogP contribution in [0.4, 0.5) is 0 Å². The molecule has 0 saturated heterocycles. The Balaban J connectivity index is 4.55. The summed E-state index contributed by atoms with van der Waals surface area (Å²) >= 11 is 0. The lowest BCUT2D eigenvalue weighted by molar-refractivity contribution is -0.166. The minimum atomic E-state index is -0.827. The minimum absolute atomic E-state index is 0.117. The number of esters is 3. The lowest BCUT2D eigenvalue weighted by atomic mass is 10.1. The standard InChI is InChI=1S/C59H98O6/c1-4-7-10-13-16-19-22-25-27-28-29-30-32-35-38-41-44-47-50-53-59(62)65-56(54-63-57(60)51-48-45-42-39-36-33-24-21-18-15-12-9-6-3)55-64-58(61)52-49-46-43-40-37-34-31-26-23-20-17-14-11-8-5-2/h16-17,19-21,24-27,29-31,35,38,44,47,56H,4-15,18,22-23,28,32-34,36-37,39-43,45-46,48-55H2,1-3H3/b19-16-,20-17-,24-21-,27-25-,30-29-,31-26-,38-35-,47-44-/t56-/m0/s1. The molecule has 0 aromatic rings. The van der Waals surface area contributed by atoms with E-state index in [1.54, 1.807) is 0 Å². The predicted molar refractivity (Wildman–Crippen MR) is 279 cm³/mol. The van der Waals surface area contributed by atoms with Crippen molar-refractivity contribution in [2.75, 3.05) is 13.2 Å². The normalized spacial score (nSPS) is 12.8. The minimum Gasteiger partial charge on any atom is -0.462 e. The molecule has 0 aliphatic heterocycles. The molecule has 6 nitrogen and oxygen atoms in total. The van der Waals surface area contributed by atoms with Crippen LogP contribution in [0.2, 0.25) is 0 Å². The van der Waals surface area contributed by atoms with Crippen molar-refractivity contribution in [3.05, 3.63) is 97.2 Å². The number of hydrogen-bond acceptors (Lipinski definition) is 6. The second kappa shape index (κ2) is 52.9. The third-order valence-electron chi connectivity index (χ3n) is 11.0. The van der Waals surface area contributed by atoms with Crippen LogP contribution in [0, 0.1) is 0 Å². The Morgan fingerprint density at radius 2 is 0.585 bits per heavy atom. The monoisotopic (exact) mass is 903 g/mol. The van der Waals surface area contributed by atoms with Gasteiger partial charge in [0.15, 0.2) is 6.10 Å². The third-order valence-corrected chi connectivity index (χ3v) is 11.0. The van der Waals surface area contributed by atoms with E-state index in [1.165, 1.54) is 89.9 Å². The van der Waals surface area contributed by atoms with E-state index in [1.807, 2.05) is 12.2 Å². The largest absolute Gasteiger partial charge is 0.462 e. The first kappa shape index (κ1) is 61.3. The number of allylic oxidation sites excluding steroid dienone is 16. The molecule has 0 spiro atoms. The van der Waals surface area contributed by atoms with Crippen molar-refractivity contribution in [1.82, 2.24) is 0 Å². The Morgan fingerprint density at radius 1 is 0.308 bits per heavy atom. The zero-order valence-corrected chi connectivity index (χ0v) is 42.2. The van der Waals surface area contributed by atoms with Gasteiger partial charge in [0.2, 0.25) is 0 Å². The summed E-state index contributed by atoms with van der Waals surface area (Å²) in [6, 6.07) is 0. The van der Waals surface area contributed by atoms with Gasteiger partial charge in [0.1, 0.15) is 13.2 Å². The number of ether oxygens (including phenoxy) is 3. The van der Waals surface area contributed by atoms with Crippen LogP contribution in [0.25, 0.3) is 0 Å². The van der Waals surface area contributed by atoms with E-state index in [0.29, 0.717) is 19.3 Å². The van der Waals surface area contributed by atoms with E-state index in [0.717, 1.165) is 103 Å². The Labute approximate surface area is 400 Å². The number of carbonyl (C=O) groups is 3. The molecule has 370 valence electrons. The molecular weight excluding hydrogens is 805 g/mol. The van der Waals surface area contributed by atoms with Crippen LogP contribution >= 0.6 is 0 Å². The van der Waals surface area contributed by atoms with Crippen molar-refractivity contribution in [2.45, 2.75) is 245 Å². The van der Waals surface area contributed by atoms with Gasteiger partial charge in [-0.1, -0.05) is 201 Å². The SMILES string of the molecule is CCCCC/C=C\C/C=C\C/C=C\C/C=C\C/C=C\CCC(=O)O[C@H](COC(=O)CCCCCCC/C=C\C/C=C\CCCCC)COC(=O)CCCCCCC/C=C\CCCCCC. The second-order valence-corrected chi connectivity index (χ2v) is 17.4. The molecule has 0 N–H and O–H groups in total. The highest BCUT2D eigenvalue weighted by molar-refractivity contribution is 5.71. The van der Waals surface area contributed by atoms with Crippen molar-refractivity contribution in [3.63, 3.8) is 0 Å². The highest BCUT2D eigenvalue weighted by atomic mass is 16.6. The van der Waals surface area contributed by atoms with Crippen LogP contribution in [-0.4, -0.2) is 37.2 Å². The molecule has 0 amide bonds. The number of carbonyl (C=O) groups excluding carboxylic acids is 3. The van der Waals surface area contributed by atoms with Crippen molar-refractivity contribution < 1.29 is 28.6 Å². The van der Waals surface area contributed by atoms with Crippen LogP contribution < -0.4 is 0 Å². The van der Waals surface area contributed by atoms with Crippen molar-refractivity contribution in [2.24, 2.45) is 0 Å². The van der Waals surface area contributed by atoms with E-state index < -0.39 is 12.1 Å². The highest BCUT2D eigenvalue weighted by Gasteiger charge is 2.19. The zero-order chi connectivity index (χ0) is 47.2. The maximum Gasteiger partial charge on any atom is 0.306 e. The average molecular weight is 903 g/mol. The summed E-state index contributed by atoms with van der Waals surface area (Å²) in [6.45, 7) is 6.48. The number of unbranched alkanes of at least 4 members (excludes halogenated alkanes) is 20. The van der Waals surface area contributed by atoms with Gasteiger partial charge in [-0.3, -0.25) is 14.4 Å². The van der Waals surface area contributed by atoms with E-state index in [-0.39, 0.29) is 31.6 Å². The molecule has 0 fully saturated rings. The first-order chi connectivity index (χ1) is 32.0. The van der Waals surface area contributed by atoms with Crippen molar-refractivity contribution in [3.8, 4) is 0 Å². The summed E-state index contributed by atoms with van der Waals surface area (Å²) in [4.78, 5) is 38.0. The Hall–Kier alpha value is -3.67. The number of hydrogen-bond donors (Lipinski definition) is 0. The van der Waals surface area contributed by atoms with Gasteiger partial charge in [0.25, 0.3) is 0 Å². The molecular formula is C59H98O6. The van der Waals surface area contributed by atoms with Crippen LogP contribution in [0.1, 0.15) is 239 Å². The first-order valence-electron chi connectivity index (χ1n) is 26.7. The van der Waals surface area contributed by atoms with Crippen LogP contribution in [0.5, 0.6) is 0 Å². The van der Waals surface area contributed by atoms with Crippen molar-refractivity contribution in [1.29, 1.82) is 0 Å². The fourth-order valence-corrected chi connectivity index (χ4v) is 6.98. The summed E-state index contributed by atoms with van der Waals surface area (Å²) in [7, 11) is 0. The molecule has 0 rings (SSSR count). The van der Waals surface area contributed by atoms with E-state index in [2.05, 4.69) is 106 Å². The summed E-state index contributed by atoms with van der Waals surface area (Å²) in [5, 5.41) is 0. The van der Waals surface area contributed by atoms with Gasteiger partial charge in [-0.05, 0) is 116 Å². The van der Waals surface area contributed by atoms with Gasteiger partial charge in [-0.25, -0.2) is 0 Å². The molecule has 0 radical (unpaired) electrons. The van der Waals surface area contributed by atoms with Crippen LogP contribution in [-0.2, 0) is 28.6 Å². The molecule has 65 heavy (non-hydrogen) atoms. The number of rotatable bonds is 47. The molecule has 0 heterocycles. The maximum absolute atomic E-state index is 12.8. The average Bonchev–Trinajstić information content (AvgIpc) is 3.30. The fourth-order valence-electron chi connectivity index (χ4n) is 6.98. The van der Waals surface area contributed by atoms with Crippen LogP contribution in [0.3, 0.4) is 0 Å². The molecule has 0 aliphatic carbocycles. The Bertz CT molecular complexity index is 1310. The smallest absolute Gasteiger partial charge is 0.306 e. The van der Waals surface area contributed by atoms with Gasteiger partial charge in [-0.2, -0.15) is 0 Å².